The third-order valence-corrected chi connectivity index (χ3v) is 4.39. The van der Waals surface area contributed by atoms with E-state index in [2.05, 4.69) is 15.5 Å². The maximum absolute atomic E-state index is 12.4. The molecule has 0 bridgehead atoms. The summed E-state index contributed by atoms with van der Waals surface area (Å²) in [5.41, 5.74) is 5.92. The Balaban J connectivity index is 0.00000338. The molecule has 0 saturated carbocycles. The highest BCUT2D eigenvalue weighted by Crippen LogP contribution is 2.18. The highest BCUT2D eigenvalue weighted by molar-refractivity contribution is 5.94. The number of hydrogen-bond donors (Lipinski definition) is 2. The first-order valence-electron chi connectivity index (χ1n) is 8.45. The number of rotatable bonds is 8. The molecule has 7 nitrogen and oxygen atoms in total. The van der Waals surface area contributed by atoms with E-state index >= 15 is 0 Å². The van der Waals surface area contributed by atoms with Crippen LogP contribution in [0.25, 0.3) is 0 Å². The molecule has 1 aromatic heterocycles. The van der Waals surface area contributed by atoms with Crippen LogP contribution in [0.2, 0.25) is 0 Å². The SMILES string of the molecule is CCc1nc(COc2ccc(C(=O)NC(C)(CN)C(C)C)cc2)no1.Cl. The van der Waals surface area contributed by atoms with Gasteiger partial charge in [0.05, 0.1) is 5.54 Å². The van der Waals surface area contributed by atoms with Gasteiger partial charge in [0.1, 0.15) is 5.75 Å². The molecule has 0 fully saturated rings. The summed E-state index contributed by atoms with van der Waals surface area (Å²) in [6, 6.07) is 6.92. The lowest BCUT2D eigenvalue weighted by Gasteiger charge is -2.33. The zero-order chi connectivity index (χ0) is 18.4. The van der Waals surface area contributed by atoms with E-state index in [1.165, 1.54) is 0 Å². The molecule has 26 heavy (non-hydrogen) atoms. The minimum absolute atomic E-state index is 0. The van der Waals surface area contributed by atoms with E-state index in [0.29, 0.717) is 36.0 Å². The lowest BCUT2D eigenvalue weighted by molar-refractivity contribution is 0.0883. The summed E-state index contributed by atoms with van der Waals surface area (Å²) in [6.07, 6.45) is 0.689. The van der Waals surface area contributed by atoms with Crippen molar-refractivity contribution in [3.63, 3.8) is 0 Å². The van der Waals surface area contributed by atoms with E-state index in [0.717, 1.165) is 0 Å². The van der Waals surface area contributed by atoms with E-state index in [1.54, 1.807) is 24.3 Å². The number of ether oxygens (including phenoxy) is 1. The Morgan fingerprint density at radius 2 is 2.00 bits per heavy atom. The van der Waals surface area contributed by atoms with Crippen LogP contribution in [0.15, 0.2) is 28.8 Å². The molecule has 0 saturated heterocycles. The Labute approximate surface area is 160 Å². The smallest absolute Gasteiger partial charge is 0.251 e. The number of halogens is 1. The zero-order valence-corrected chi connectivity index (χ0v) is 16.4. The average molecular weight is 383 g/mol. The first-order valence-corrected chi connectivity index (χ1v) is 8.45. The lowest BCUT2D eigenvalue weighted by atomic mass is 9.88. The van der Waals surface area contributed by atoms with Crippen molar-refractivity contribution in [1.29, 1.82) is 0 Å². The van der Waals surface area contributed by atoms with Gasteiger partial charge >= 0.3 is 0 Å². The van der Waals surface area contributed by atoms with E-state index in [4.69, 9.17) is 15.0 Å². The Morgan fingerprint density at radius 3 is 2.50 bits per heavy atom. The number of carbonyl (C=O) groups is 1. The molecule has 8 heteroatoms. The fraction of sp³-hybridized carbons (Fsp3) is 0.500. The molecule has 0 radical (unpaired) electrons. The standard InChI is InChI=1S/C18H26N4O3.ClH/c1-5-16-20-15(22-25-16)10-24-14-8-6-13(7-9-14)17(23)21-18(4,11-19)12(2)3;/h6-9,12H,5,10-11,19H2,1-4H3,(H,21,23);1H. The Morgan fingerprint density at radius 1 is 1.35 bits per heavy atom. The van der Waals surface area contributed by atoms with Crippen LogP contribution in [-0.2, 0) is 13.0 Å². The molecule has 2 rings (SSSR count). The monoisotopic (exact) mass is 382 g/mol. The van der Waals surface area contributed by atoms with Gasteiger partial charge in [0.15, 0.2) is 6.61 Å². The average Bonchev–Trinajstić information content (AvgIpc) is 3.08. The quantitative estimate of drug-likeness (QED) is 0.727. The van der Waals surface area contributed by atoms with E-state index < -0.39 is 5.54 Å². The molecule has 144 valence electrons. The highest BCUT2D eigenvalue weighted by Gasteiger charge is 2.28. The van der Waals surface area contributed by atoms with Crippen molar-refractivity contribution in [2.24, 2.45) is 11.7 Å². The van der Waals surface area contributed by atoms with Crippen molar-refractivity contribution in [2.45, 2.75) is 46.3 Å². The Kier molecular flexibility index (Phi) is 8.05. The number of benzene rings is 1. The molecule has 0 spiro atoms. The number of nitrogens with one attached hydrogen (secondary N) is 1. The van der Waals surface area contributed by atoms with Gasteiger partial charge in [0.2, 0.25) is 11.7 Å². The van der Waals surface area contributed by atoms with Crippen molar-refractivity contribution >= 4 is 18.3 Å². The minimum Gasteiger partial charge on any atom is -0.485 e. The molecule has 3 N–H and O–H groups in total. The van der Waals surface area contributed by atoms with Gasteiger partial charge in [-0.3, -0.25) is 4.79 Å². The molecule has 1 atom stereocenters. The van der Waals surface area contributed by atoms with Crippen LogP contribution in [0.4, 0.5) is 0 Å². The van der Waals surface area contributed by atoms with Gasteiger partial charge in [-0.25, -0.2) is 0 Å². The largest absolute Gasteiger partial charge is 0.485 e. The normalized spacial score (nSPS) is 13.0. The molecule has 0 aliphatic carbocycles. The minimum atomic E-state index is -0.443. The van der Waals surface area contributed by atoms with Crippen LogP contribution in [0.3, 0.4) is 0 Å². The summed E-state index contributed by atoms with van der Waals surface area (Å²) in [4.78, 5) is 16.6. The van der Waals surface area contributed by atoms with E-state index in [9.17, 15) is 4.79 Å². The van der Waals surface area contributed by atoms with Crippen LogP contribution in [0.1, 0.15) is 49.8 Å². The molecule has 1 heterocycles. The van der Waals surface area contributed by atoms with E-state index in [1.807, 2.05) is 27.7 Å². The maximum atomic E-state index is 12.4. The van der Waals surface area contributed by atoms with Crippen LogP contribution in [0, 0.1) is 5.92 Å². The molecule has 2 aromatic rings. The summed E-state index contributed by atoms with van der Waals surface area (Å²) in [5, 5.41) is 6.84. The molecular formula is C18H27ClN4O3. The van der Waals surface area contributed by atoms with Gasteiger partial charge in [-0.2, -0.15) is 4.98 Å². The third-order valence-electron chi connectivity index (χ3n) is 4.39. The van der Waals surface area contributed by atoms with Crippen molar-refractivity contribution in [3.8, 4) is 5.75 Å². The zero-order valence-electron chi connectivity index (χ0n) is 15.6. The predicted molar refractivity (Wildman–Crippen MR) is 101 cm³/mol. The number of aryl methyl sites for hydroxylation is 1. The van der Waals surface area contributed by atoms with Gasteiger partial charge in [-0.05, 0) is 37.1 Å². The molecule has 1 amide bonds. The Bertz CT molecular complexity index is 703. The molecule has 0 aliphatic rings. The highest BCUT2D eigenvalue weighted by atomic mass is 35.5. The second-order valence-electron chi connectivity index (χ2n) is 6.50. The first-order chi connectivity index (χ1) is 11.9. The maximum Gasteiger partial charge on any atom is 0.251 e. The topological polar surface area (TPSA) is 103 Å². The molecule has 0 aliphatic heterocycles. The fourth-order valence-electron chi connectivity index (χ4n) is 2.11. The second-order valence-corrected chi connectivity index (χ2v) is 6.50. The van der Waals surface area contributed by atoms with Crippen LogP contribution >= 0.6 is 12.4 Å². The molecular weight excluding hydrogens is 356 g/mol. The third kappa shape index (κ3) is 5.44. The van der Waals surface area contributed by atoms with Gasteiger partial charge in [-0.15, -0.1) is 12.4 Å². The number of amides is 1. The van der Waals surface area contributed by atoms with Gasteiger partial charge in [0.25, 0.3) is 5.91 Å². The van der Waals surface area contributed by atoms with Gasteiger partial charge in [-0.1, -0.05) is 25.9 Å². The summed E-state index contributed by atoms with van der Waals surface area (Å²) in [7, 11) is 0. The number of hydrogen-bond acceptors (Lipinski definition) is 6. The summed E-state index contributed by atoms with van der Waals surface area (Å²) in [6.45, 7) is 8.55. The summed E-state index contributed by atoms with van der Waals surface area (Å²) in [5.74, 6) is 1.78. The molecule has 1 unspecified atom stereocenters. The van der Waals surface area contributed by atoms with Crippen LogP contribution < -0.4 is 15.8 Å². The van der Waals surface area contributed by atoms with Crippen molar-refractivity contribution in [1.82, 2.24) is 15.5 Å². The van der Waals surface area contributed by atoms with E-state index in [-0.39, 0.29) is 30.8 Å². The van der Waals surface area contributed by atoms with Gasteiger partial charge < -0.3 is 20.3 Å². The molecule has 1 aromatic carbocycles. The number of aromatic nitrogens is 2. The summed E-state index contributed by atoms with van der Waals surface area (Å²) < 4.78 is 10.6. The lowest BCUT2D eigenvalue weighted by Crippen LogP contribution is -2.55. The Hall–Kier alpha value is -2.12. The van der Waals surface area contributed by atoms with Gasteiger partial charge in [0, 0.05) is 18.5 Å². The number of nitrogens with two attached hydrogens (primary N) is 1. The second kappa shape index (κ2) is 9.54. The summed E-state index contributed by atoms with van der Waals surface area (Å²) >= 11 is 0. The van der Waals surface area contributed by atoms with Crippen LogP contribution in [0.5, 0.6) is 5.75 Å². The number of nitrogens with zero attached hydrogens (tertiary/aromatic N) is 2. The van der Waals surface area contributed by atoms with Crippen molar-refractivity contribution < 1.29 is 14.1 Å². The first kappa shape index (κ1) is 21.9. The fourth-order valence-corrected chi connectivity index (χ4v) is 2.11. The number of carbonyl (C=O) groups excluding carboxylic acids is 1. The van der Waals surface area contributed by atoms with Crippen molar-refractivity contribution in [2.75, 3.05) is 6.54 Å². The van der Waals surface area contributed by atoms with Crippen LogP contribution in [-0.4, -0.2) is 28.1 Å². The van der Waals surface area contributed by atoms with Crippen molar-refractivity contribution in [3.05, 3.63) is 41.5 Å². The predicted octanol–water partition coefficient (Wildman–Crippen LogP) is 2.74.